The number of rotatable bonds is 5. The van der Waals surface area contributed by atoms with E-state index >= 15 is 0 Å². The fraction of sp³-hybridized carbons (Fsp3) is 0.333. The number of aromatic nitrogens is 2. The molecule has 0 atom stereocenters. The smallest absolute Gasteiger partial charge is 0.219 e. The predicted octanol–water partition coefficient (Wildman–Crippen LogP) is 3.62. The quantitative estimate of drug-likeness (QED) is 0.718. The molecule has 23 heavy (non-hydrogen) atoms. The molecule has 2 aromatic heterocycles. The van der Waals surface area contributed by atoms with Crippen molar-refractivity contribution in [3.63, 3.8) is 0 Å². The Morgan fingerprint density at radius 1 is 1.35 bits per heavy atom. The summed E-state index contributed by atoms with van der Waals surface area (Å²) in [4.78, 5) is 19.5. The average molecular weight is 325 g/mol. The van der Waals surface area contributed by atoms with Crippen LogP contribution in [-0.4, -0.2) is 32.8 Å². The van der Waals surface area contributed by atoms with Crippen LogP contribution in [0.15, 0.2) is 41.9 Å². The van der Waals surface area contributed by atoms with E-state index in [1.54, 1.807) is 18.3 Å². The fourth-order valence-corrected chi connectivity index (χ4v) is 3.88. The van der Waals surface area contributed by atoms with Crippen LogP contribution in [-0.2, 0) is 11.2 Å². The molecule has 4 rings (SSSR count). The summed E-state index contributed by atoms with van der Waals surface area (Å²) in [7, 11) is 0. The molecule has 1 aliphatic rings. The fourth-order valence-electron chi connectivity index (χ4n) is 2.98. The van der Waals surface area contributed by atoms with E-state index in [2.05, 4.69) is 28.1 Å². The summed E-state index contributed by atoms with van der Waals surface area (Å²) in [6, 6.07) is 10.7. The molecule has 1 aliphatic carbocycles. The van der Waals surface area contributed by atoms with Gasteiger partial charge in [0.2, 0.25) is 5.91 Å². The van der Waals surface area contributed by atoms with Gasteiger partial charge < -0.3 is 4.90 Å². The molecular formula is C18H19N3OS. The summed E-state index contributed by atoms with van der Waals surface area (Å²) in [6.07, 6.45) is 5.29. The van der Waals surface area contributed by atoms with Gasteiger partial charge in [0.05, 0.1) is 5.69 Å². The Morgan fingerprint density at radius 2 is 2.13 bits per heavy atom. The molecule has 1 fully saturated rings. The van der Waals surface area contributed by atoms with Crippen LogP contribution in [0.25, 0.3) is 16.2 Å². The summed E-state index contributed by atoms with van der Waals surface area (Å²) in [6.45, 7) is 2.47. The average Bonchev–Trinajstić information content (AvgIpc) is 3.18. The number of nitrogens with zero attached hydrogens (tertiary/aromatic N) is 3. The second-order valence-corrected chi connectivity index (χ2v) is 6.90. The Bertz CT molecular complexity index is 832. The van der Waals surface area contributed by atoms with Crippen molar-refractivity contribution in [3.8, 4) is 11.3 Å². The predicted molar refractivity (Wildman–Crippen MR) is 92.6 cm³/mol. The largest absolute Gasteiger partial charge is 0.340 e. The minimum absolute atomic E-state index is 0.189. The van der Waals surface area contributed by atoms with Crippen LogP contribution in [0, 0.1) is 0 Å². The van der Waals surface area contributed by atoms with Crippen molar-refractivity contribution in [3.05, 3.63) is 47.6 Å². The standard InChI is InChI=1S/C18H19N3OS/c1-13(22)20(15-7-8-15)10-9-16-12-23-18-19-17(11-21(16)18)14-5-3-2-4-6-14/h2-6,11-12,15H,7-10H2,1H3. The third-order valence-electron chi connectivity index (χ3n) is 4.35. The van der Waals surface area contributed by atoms with Crippen molar-refractivity contribution in [1.82, 2.24) is 14.3 Å². The molecule has 0 saturated heterocycles. The normalized spacial score (nSPS) is 14.3. The van der Waals surface area contributed by atoms with E-state index in [0.717, 1.165) is 42.0 Å². The SMILES string of the molecule is CC(=O)N(CCc1csc2nc(-c3ccccc3)cn12)C1CC1. The Hall–Kier alpha value is -2.14. The first kappa shape index (κ1) is 14.5. The summed E-state index contributed by atoms with van der Waals surface area (Å²) < 4.78 is 2.16. The van der Waals surface area contributed by atoms with E-state index in [4.69, 9.17) is 4.98 Å². The van der Waals surface area contributed by atoms with Gasteiger partial charge in [-0.05, 0) is 12.8 Å². The zero-order valence-electron chi connectivity index (χ0n) is 13.1. The van der Waals surface area contributed by atoms with Gasteiger partial charge in [-0.15, -0.1) is 11.3 Å². The Balaban J connectivity index is 1.56. The number of thiazole rings is 1. The molecule has 0 bridgehead atoms. The zero-order chi connectivity index (χ0) is 15.8. The number of benzene rings is 1. The molecule has 1 amide bonds. The molecule has 0 spiro atoms. The molecule has 3 aromatic rings. The molecule has 0 aliphatic heterocycles. The second-order valence-electron chi connectivity index (χ2n) is 6.07. The van der Waals surface area contributed by atoms with E-state index in [9.17, 15) is 4.79 Å². The Kier molecular flexibility index (Phi) is 3.65. The summed E-state index contributed by atoms with van der Waals surface area (Å²) in [5, 5.41) is 2.16. The van der Waals surface area contributed by atoms with Crippen molar-refractivity contribution in [1.29, 1.82) is 0 Å². The van der Waals surface area contributed by atoms with Crippen LogP contribution < -0.4 is 0 Å². The van der Waals surface area contributed by atoms with Crippen LogP contribution in [0.2, 0.25) is 0 Å². The number of hydrogen-bond acceptors (Lipinski definition) is 3. The van der Waals surface area contributed by atoms with E-state index < -0.39 is 0 Å². The van der Waals surface area contributed by atoms with Gasteiger partial charge in [0, 0.05) is 48.8 Å². The van der Waals surface area contributed by atoms with Crippen LogP contribution in [0.4, 0.5) is 0 Å². The summed E-state index contributed by atoms with van der Waals surface area (Å²) in [5.74, 6) is 0.189. The highest BCUT2D eigenvalue weighted by Crippen LogP contribution is 2.28. The highest BCUT2D eigenvalue weighted by atomic mass is 32.1. The molecule has 118 valence electrons. The third kappa shape index (κ3) is 2.88. The Morgan fingerprint density at radius 3 is 2.83 bits per heavy atom. The van der Waals surface area contributed by atoms with Gasteiger partial charge in [-0.25, -0.2) is 4.98 Å². The van der Waals surface area contributed by atoms with Gasteiger partial charge in [0.25, 0.3) is 0 Å². The molecule has 0 radical (unpaired) electrons. The first-order valence-corrected chi connectivity index (χ1v) is 8.88. The number of carbonyl (C=O) groups excluding carboxylic acids is 1. The first-order valence-electron chi connectivity index (χ1n) is 8.00. The van der Waals surface area contributed by atoms with Gasteiger partial charge in [-0.3, -0.25) is 9.20 Å². The number of carbonyl (C=O) groups is 1. The van der Waals surface area contributed by atoms with Crippen molar-refractivity contribution in [2.75, 3.05) is 6.54 Å². The number of imidazole rings is 1. The van der Waals surface area contributed by atoms with Crippen LogP contribution in [0.5, 0.6) is 0 Å². The van der Waals surface area contributed by atoms with E-state index in [1.807, 2.05) is 23.1 Å². The van der Waals surface area contributed by atoms with Crippen LogP contribution >= 0.6 is 11.3 Å². The maximum Gasteiger partial charge on any atom is 0.219 e. The van der Waals surface area contributed by atoms with Crippen LogP contribution in [0.1, 0.15) is 25.5 Å². The van der Waals surface area contributed by atoms with Gasteiger partial charge in [0.1, 0.15) is 0 Å². The number of fused-ring (bicyclic) bond motifs is 1. The van der Waals surface area contributed by atoms with Gasteiger partial charge in [0.15, 0.2) is 4.96 Å². The summed E-state index contributed by atoms with van der Waals surface area (Å²) in [5.41, 5.74) is 3.37. The topological polar surface area (TPSA) is 37.6 Å². The molecule has 1 aromatic carbocycles. The molecule has 5 heteroatoms. The molecule has 2 heterocycles. The first-order chi connectivity index (χ1) is 11.2. The molecule has 4 nitrogen and oxygen atoms in total. The van der Waals surface area contributed by atoms with Crippen molar-refractivity contribution < 1.29 is 4.79 Å². The maximum absolute atomic E-state index is 11.7. The lowest BCUT2D eigenvalue weighted by Crippen LogP contribution is -2.33. The minimum Gasteiger partial charge on any atom is -0.340 e. The van der Waals surface area contributed by atoms with E-state index in [-0.39, 0.29) is 5.91 Å². The number of hydrogen-bond donors (Lipinski definition) is 0. The summed E-state index contributed by atoms with van der Waals surface area (Å²) >= 11 is 1.66. The van der Waals surface area contributed by atoms with Crippen LogP contribution in [0.3, 0.4) is 0 Å². The highest BCUT2D eigenvalue weighted by Gasteiger charge is 2.30. The number of amides is 1. The van der Waals surface area contributed by atoms with Gasteiger partial charge >= 0.3 is 0 Å². The second kappa shape index (κ2) is 5.81. The van der Waals surface area contributed by atoms with Gasteiger partial charge in [-0.2, -0.15) is 0 Å². The minimum atomic E-state index is 0.189. The molecule has 1 saturated carbocycles. The molecule has 0 N–H and O–H groups in total. The Labute approximate surface area is 139 Å². The molecule has 0 unspecified atom stereocenters. The van der Waals surface area contributed by atoms with Gasteiger partial charge in [-0.1, -0.05) is 30.3 Å². The van der Waals surface area contributed by atoms with Crippen molar-refractivity contribution >= 4 is 22.2 Å². The molecular weight excluding hydrogens is 306 g/mol. The van der Waals surface area contributed by atoms with E-state index in [1.165, 1.54) is 5.69 Å². The van der Waals surface area contributed by atoms with Crippen molar-refractivity contribution in [2.45, 2.75) is 32.2 Å². The lowest BCUT2D eigenvalue weighted by molar-refractivity contribution is -0.129. The third-order valence-corrected chi connectivity index (χ3v) is 5.24. The lowest BCUT2D eigenvalue weighted by atomic mass is 10.2. The lowest BCUT2D eigenvalue weighted by Gasteiger charge is -2.20. The van der Waals surface area contributed by atoms with E-state index in [0.29, 0.717) is 6.04 Å². The maximum atomic E-state index is 11.7. The monoisotopic (exact) mass is 325 g/mol. The highest BCUT2D eigenvalue weighted by molar-refractivity contribution is 7.15. The zero-order valence-corrected chi connectivity index (χ0v) is 13.9. The van der Waals surface area contributed by atoms with Crippen molar-refractivity contribution in [2.24, 2.45) is 0 Å².